The Hall–Kier alpha value is -3.87. The molecular weight excluding hydrogens is 533 g/mol. The number of halogens is 1. The fourth-order valence-electron chi connectivity index (χ4n) is 5.53. The molecule has 3 heterocycles. The second-order valence-electron chi connectivity index (χ2n) is 10.5. The van der Waals surface area contributed by atoms with Gasteiger partial charge in [0.1, 0.15) is 30.5 Å². The van der Waals surface area contributed by atoms with E-state index in [0.717, 1.165) is 16.8 Å². The highest BCUT2D eigenvalue weighted by Gasteiger charge is 2.44. The Morgan fingerprint density at radius 2 is 2.05 bits per heavy atom. The fourth-order valence-corrected chi connectivity index (χ4v) is 5.53. The van der Waals surface area contributed by atoms with E-state index in [0.29, 0.717) is 31.4 Å². The van der Waals surface area contributed by atoms with E-state index in [9.17, 15) is 23.6 Å². The summed E-state index contributed by atoms with van der Waals surface area (Å²) in [7, 11) is 1.56. The van der Waals surface area contributed by atoms with E-state index in [-0.39, 0.29) is 49.8 Å². The average molecular weight is 572 g/mol. The quantitative estimate of drug-likeness (QED) is 0.304. The maximum absolute atomic E-state index is 14.0. The third-order valence-corrected chi connectivity index (χ3v) is 7.88. The van der Waals surface area contributed by atoms with Gasteiger partial charge in [-0.3, -0.25) is 29.2 Å². The molecule has 12 nitrogen and oxygen atoms in total. The highest BCUT2D eigenvalue weighted by Crippen LogP contribution is 2.39. The predicted octanol–water partition coefficient (Wildman–Crippen LogP) is 1.06. The van der Waals surface area contributed by atoms with Crippen molar-refractivity contribution >= 4 is 29.3 Å². The number of para-hydroxylation sites is 1. The summed E-state index contributed by atoms with van der Waals surface area (Å²) < 4.78 is 17.4. The molecule has 0 bridgehead atoms. The first kappa shape index (κ1) is 30.1. The van der Waals surface area contributed by atoms with Crippen molar-refractivity contribution in [3.05, 3.63) is 41.2 Å². The van der Waals surface area contributed by atoms with Crippen LogP contribution in [-0.4, -0.2) is 89.0 Å². The first-order valence-corrected chi connectivity index (χ1v) is 14.0. The number of benzene rings is 1. The number of alkyl halides is 1. The molecule has 0 aliphatic carbocycles. The monoisotopic (exact) mass is 571 g/mol. The summed E-state index contributed by atoms with van der Waals surface area (Å²) in [4.78, 5) is 56.7. The number of aromatic nitrogens is 3. The molecule has 2 aromatic rings. The maximum Gasteiger partial charge on any atom is 0.250 e. The van der Waals surface area contributed by atoms with Crippen LogP contribution in [0.25, 0.3) is 0 Å². The van der Waals surface area contributed by atoms with E-state index in [1.165, 1.54) is 9.80 Å². The van der Waals surface area contributed by atoms with Gasteiger partial charge in [-0.2, -0.15) is 0 Å². The van der Waals surface area contributed by atoms with Gasteiger partial charge in [0.2, 0.25) is 23.6 Å². The standard InChI is InChI=1S/C28H38FN7O5/c1-4-17(2)24(35(3)23(37)10-12-41-13-11-29)27(39)32-21-9-8-18-6-5-7-19-14-22(36(25(18)19)28(21)40)26(38)30-15-20-16-31-34-33-20/h5-7,16-17,21-22,24H,4,8-15H2,1-3H3,(H,30,38)(H,32,39)(H,31,33,34)/t17-,21-,22-,24-/m0/s1. The molecule has 2 aliphatic rings. The van der Waals surface area contributed by atoms with Crippen molar-refractivity contribution in [3.63, 3.8) is 0 Å². The summed E-state index contributed by atoms with van der Waals surface area (Å²) in [5, 5.41) is 15.9. The van der Waals surface area contributed by atoms with Gasteiger partial charge in [0.05, 0.1) is 31.9 Å². The lowest BCUT2D eigenvalue weighted by molar-refractivity contribution is -0.142. The minimum Gasteiger partial charge on any atom is -0.378 e. The Bertz CT molecular complexity index is 1240. The van der Waals surface area contributed by atoms with Crippen LogP contribution in [0.5, 0.6) is 0 Å². The van der Waals surface area contributed by atoms with Crippen LogP contribution in [0.1, 0.15) is 49.9 Å². The van der Waals surface area contributed by atoms with E-state index in [1.54, 1.807) is 13.2 Å². The summed E-state index contributed by atoms with van der Waals surface area (Å²) in [6.45, 7) is 3.29. The van der Waals surface area contributed by atoms with Crippen LogP contribution in [-0.2, 0) is 43.3 Å². The number of hydrogen-bond acceptors (Lipinski definition) is 7. The molecule has 4 atom stereocenters. The zero-order chi connectivity index (χ0) is 29.5. The number of nitrogens with one attached hydrogen (secondary N) is 3. The highest BCUT2D eigenvalue weighted by molar-refractivity contribution is 6.08. The molecule has 0 fully saturated rings. The number of aryl methyl sites for hydroxylation is 1. The minimum atomic E-state index is -0.880. The van der Waals surface area contributed by atoms with Crippen molar-refractivity contribution in [3.8, 4) is 0 Å². The zero-order valence-electron chi connectivity index (χ0n) is 23.7. The number of likely N-dealkylation sites (N-methyl/N-ethyl adjacent to an activating group) is 1. The number of hydrogen-bond donors (Lipinski definition) is 3. The van der Waals surface area contributed by atoms with E-state index < -0.39 is 30.7 Å². The lowest BCUT2D eigenvalue weighted by atomic mass is 9.95. The summed E-state index contributed by atoms with van der Waals surface area (Å²) in [5.74, 6) is -1.62. The van der Waals surface area contributed by atoms with Crippen LogP contribution in [0.4, 0.5) is 10.1 Å². The van der Waals surface area contributed by atoms with Crippen LogP contribution >= 0.6 is 0 Å². The number of H-pyrrole nitrogens is 1. The molecule has 41 heavy (non-hydrogen) atoms. The first-order valence-electron chi connectivity index (χ1n) is 14.0. The van der Waals surface area contributed by atoms with Crippen LogP contribution in [0, 0.1) is 5.92 Å². The molecule has 222 valence electrons. The molecule has 0 spiro atoms. The highest BCUT2D eigenvalue weighted by atomic mass is 19.1. The second-order valence-corrected chi connectivity index (χ2v) is 10.5. The SMILES string of the molecule is CC[C@H](C)[C@@H](C(=O)N[C@H]1CCc2cccc3c2N(C1=O)[C@H](C(=O)NCc1c[nH]nn1)C3)N(C)C(=O)CCOCCF. The maximum atomic E-state index is 14.0. The number of rotatable bonds is 13. The molecule has 0 radical (unpaired) electrons. The third-order valence-electron chi connectivity index (χ3n) is 7.88. The normalized spacial score (nSPS) is 19.2. The molecule has 4 rings (SSSR count). The first-order chi connectivity index (χ1) is 19.8. The van der Waals surface area contributed by atoms with Gasteiger partial charge in [0, 0.05) is 19.7 Å². The third kappa shape index (κ3) is 6.72. The van der Waals surface area contributed by atoms with E-state index in [1.807, 2.05) is 32.0 Å². The van der Waals surface area contributed by atoms with Gasteiger partial charge in [-0.1, -0.05) is 43.7 Å². The van der Waals surface area contributed by atoms with Gasteiger partial charge in [-0.25, -0.2) is 4.39 Å². The lowest BCUT2D eigenvalue weighted by Crippen LogP contribution is -2.58. The number of anilines is 1. The Kier molecular flexibility index (Phi) is 10.0. The summed E-state index contributed by atoms with van der Waals surface area (Å²) in [6.07, 6.45) is 3.47. The molecule has 0 saturated heterocycles. The molecular formula is C28H38FN7O5. The van der Waals surface area contributed by atoms with E-state index in [2.05, 4.69) is 26.0 Å². The van der Waals surface area contributed by atoms with Crippen molar-refractivity contribution in [2.24, 2.45) is 5.92 Å². The Labute approximate surface area is 238 Å². The molecule has 0 saturated carbocycles. The van der Waals surface area contributed by atoms with Gasteiger partial charge in [-0.05, 0) is 29.9 Å². The van der Waals surface area contributed by atoms with Crippen molar-refractivity contribution in [2.45, 2.75) is 70.6 Å². The number of ether oxygens (including phenoxy) is 1. The fraction of sp³-hybridized carbons (Fsp3) is 0.571. The second kappa shape index (κ2) is 13.7. The van der Waals surface area contributed by atoms with Crippen molar-refractivity contribution in [2.75, 3.05) is 31.8 Å². The molecule has 1 aromatic heterocycles. The van der Waals surface area contributed by atoms with E-state index in [4.69, 9.17) is 4.74 Å². The smallest absolute Gasteiger partial charge is 0.250 e. The van der Waals surface area contributed by atoms with Crippen molar-refractivity contribution in [1.82, 2.24) is 30.9 Å². The lowest BCUT2D eigenvalue weighted by Gasteiger charge is -2.33. The van der Waals surface area contributed by atoms with Crippen LogP contribution in [0.15, 0.2) is 24.4 Å². The van der Waals surface area contributed by atoms with Gasteiger partial charge in [-0.15, -0.1) is 5.10 Å². The molecule has 2 aliphatic heterocycles. The van der Waals surface area contributed by atoms with Crippen LogP contribution in [0.3, 0.4) is 0 Å². The van der Waals surface area contributed by atoms with Crippen molar-refractivity contribution < 1.29 is 28.3 Å². The molecule has 0 unspecified atom stereocenters. The number of carbonyl (C=O) groups excluding carboxylic acids is 4. The van der Waals surface area contributed by atoms with Gasteiger partial charge in [0.15, 0.2) is 0 Å². The zero-order valence-corrected chi connectivity index (χ0v) is 23.7. The summed E-state index contributed by atoms with van der Waals surface area (Å²) >= 11 is 0. The molecule has 1 aromatic carbocycles. The number of aromatic amines is 1. The topological polar surface area (TPSA) is 150 Å². The molecule has 3 N–H and O–H groups in total. The number of carbonyl (C=O) groups is 4. The van der Waals surface area contributed by atoms with Crippen LogP contribution < -0.4 is 15.5 Å². The predicted molar refractivity (Wildman–Crippen MR) is 147 cm³/mol. The van der Waals surface area contributed by atoms with Gasteiger partial charge in [0.25, 0.3) is 0 Å². The Balaban J connectivity index is 1.51. The number of amides is 4. The van der Waals surface area contributed by atoms with Crippen molar-refractivity contribution in [1.29, 1.82) is 0 Å². The van der Waals surface area contributed by atoms with Gasteiger partial charge < -0.3 is 20.3 Å². The minimum absolute atomic E-state index is 0.00999. The summed E-state index contributed by atoms with van der Waals surface area (Å²) in [5.41, 5.74) is 3.14. The summed E-state index contributed by atoms with van der Waals surface area (Å²) in [6, 6.07) is 3.31. The Morgan fingerprint density at radius 1 is 1.27 bits per heavy atom. The molecule has 13 heteroatoms. The Morgan fingerprint density at radius 3 is 2.76 bits per heavy atom. The van der Waals surface area contributed by atoms with E-state index >= 15 is 0 Å². The average Bonchev–Trinajstić information content (AvgIpc) is 3.61. The van der Waals surface area contributed by atoms with Crippen LogP contribution in [0.2, 0.25) is 0 Å². The molecule has 4 amide bonds. The number of nitrogens with zero attached hydrogens (tertiary/aromatic N) is 4. The van der Waals surface area contributed by atoms with Gasteiger partial charge >= 0.3 is 0 Å². The largest absolute Gasteiger partial charge is 0.378 e.